The van der Waals surface area contributed by atoms with Crippen molar-refractivity contribution in [3.63, 3.8) is 0 Å². The number of nitrogens with one attached hydrogen (secondary N) is 2. The lowest BCUT2D eigenvalue weighted by atomic mass is 10.1. The summed E-state index contributed by atoms with van der Waals surface area (Å²) in [5.41, 5.74) is 3.58. The smallest absolute Gasteiger partial charge is 0.242 e. The Hall–Kier alpha value is -1.49. The van der Waals surface area contributed by atoms with Crippen LogP contribution in [0.15, 0.2) is 11.6 Å². The molecule has 0 radical (unpaired) electrons. The number of hydrogen-bond donors (Lipinski definition) is 2. The average molecular weight is 261 g/mol. The van der Waals surface area contributed by atoms with Gasteiger partial charge >= 0.3 is 0 Å². The van der Waals surface area contributed by atoms with Gasteiger partial charge in [0.25, 0.3) is 0 Å². The quantitative estimate of drug-likeness (QED) is 0.763. The van der Waals surface area contributed by atoms with Crippen molar-refractivity contribution in [1.82, 2.24) is 20.5 Å². The molecule has 0 spiro atoms. The molecule has 0 fully saturated rings. The molecule has 1 aliphatic rings. The summed E-state index contributed by atoms with van der Waals surface area (Å²) < 4.78 is 0. The monoisotopic (exact) mass is 261 g/mol. The molecule has 2 rings (SSSR count). The molecule has 0 saturated carbocycles. The summed E-state index contributed by atoms with van der Waals surface area (Å²) in [5.74, 6) is 0.656. The second-order valence-corrected chi connectivity index (χ2v) is 4.73. The van der Waals surface area contributed by atoms with Gasteiger partial charge in [0.2, 0.25) is 5.95 Å². The predicted octanol–water partition coefficient (Wildman–Crippen LogP) is 1.72. The van der Waals surface area contributed by atoms with E-state index >= 15 is 0 Å². The number of nitrogens with zero attached hydrogens (tertiary/aromatic N) is 3. The van der Waals surface area contributed by atoms with Gasteiger partial charge < -0.3 is 10.6 Å². The molecule has 1 aromatic rings. The minimum Gasteiger partial charge on any atom is -0.353 e. The highest BCUT2D eigenvalue weighted by Crippen LogP contribution is 2.10. The molecule has 5 heteroatoms. The first-order valence-corrected chi connectivity index (χ1v) is 7.18. The Balaban J connectivity index is 1.87. The van der Waals surface area contributed by atoms with Crippen LogP contribution in [0.1, 0.15) is 38.1 Å². The lowest BCUT2D eigenvalue weighted by molar-refractivity contribution is 0.682. The first kappa shape index (κ1) is 13.9. The molecule has 2 heterocycles. The van der Waals surface area contributed by atoms with Gasteiger partial charge in [-0.15, -0.1) is 5.10 Å². The second kappa shape index (κ2) is 7.19. The van der Waals surface area contributed by atoms with Gasteiger partial charge in [-0.2, -0.15) is 5.10 Å². The number of anilines is 1. The van der Waals surface area contributed by atoms with Crippen molar-refractivity contribution >= 4 is 5.95 Å². The van der Waals surface area contributed by atoms with Crippen LogP contribution in [0, 0.1) is 0 Å². The Bertz CT molecular complexity index is 441. The molecule has 0 saturated heterocycles. The third kappa shape index (κ3) is 3.99. The van der Waals surface area contributed by atoms with E-state index in [1.54, 1.807) is 0 Å². The minimum atomic E-state index is 0.656. The Morgan fingerprint density at radius 3 is 2.74 bits per heavy atom. The van der Waals surface area contributed by atoms with Crippen LogP contribution >= 0.6 is 0 Å². The number of aryl methyl sites for hydroxylation is 2. The molecule has 2 N–H and O–H groups in total. The van der Waals surface area contributed by atoms with Crippen molar-refractivity contribution in [2.45, 2.75) is 39.5 Å². The van der Waals surface area contributed by atoms with Crippen LogP contribution in [0.5, 0.6) is 0 Å². The SMILES string of the molecule is CCc1nnc(NCCC2=CCNCC2)nc1CC. The standard InChI is InChI=1S/C14H23N5/c1-3-12-13(4-2)18-19-14(17-12)16-10-7-11-5-8-15-9-6-11/h5,15H,3-4,6-10H2,1-2H3,(H,16,17,19). The topological polar surface area (TPSA) is 62.7 Å². The molecule has 0 unspecified atom stereocenters. The molecular weight excluding hydrogens is 238 g/mol. The van der Waals surface area contributed by atoms with Crippen molar-refractivity contribution in [3.05, 3.63) is 23.0 Å². The molecule has 0 atom stereocenters. The second-order valence-electron chi connectivity index (χ2n) is 4.73. The van der Waals surface area contributed by atoms with Crippen molar-refractivity contribution in [1.29, 1.82) is 0 Å². The third-order valence-electron chi connectivity index (χ3n) is 3.40. The summed E-state index contributed by atoms with van der Waals surface area (Å²) in [6.45, 7) is 7.16. The molecule has 1 aromatic heterocycles. The molecule has 0 aliphatic carbocycles. The van der Waals surface area contributed by atoms with Crippen molar-refractivity contribution in [2.75, 3.05) is 25.0 Å². The van der Waals surface area contributed by atoms with Crippen molar-refractivity contribution < 1.29 is 0 Å². The van der Waals surface area contributed by atoms with Gasteiger partial charge in [0.1, 0.15) is 0 Å². The summed E-state index contributed by atoms with van der Waals surface area (Å²) in [6, 6.07) is 0. The predicted molar refractivity (Wildman–Crippen MR) is 77.3 cm³/mol. The van der Waals surface area contributed by atoms with Crippen molar-refractivity contribution in [2.24, 2.45) is 0 Å². The maximum atomic E-state index is 4.53. The molecular formula is C14H23N5. The van der Waals surface area contributed by atoms with Crippen LogP contribution in [0.25, 0.3) is 0 Å². The van der Waals surface area contributed by atoms with Crippen LogP contribution in [0.2, 0.25) is 0 Å². The van der Waals surface area contributed by atoms with Crippen molar-refractivity contribution in [3.8, 4) is 0 Å². The Morgan fingerprint density at radius 2 is 2.05 bits per heavy atom. The molecule has 5 nitrogen and oxygen atoms in total. The summed E-state index contributed by atoms with van der Waals surface area (Å²) in [4.78, 5) is 4.53. The highest BCUT2D eigenvalue weighted by molar-refractivity contribution is 5.26. The molecule has 19 heavy (non-hydrogen) atoms. The average Bonchev–Trinajstić information content (AvgIpc) is 2.48. The summed E-state index contributed by atoms with van der Waals surface area (Å²) in [6.07, 6.45) is 6.28. The molecule has 0 bridgehead atoms. The molecule has 104 valence electrons. The van der Waals surface area contributed by atoms with Gasteiger partial charge in [-0.25, -0.2) is 4.98 Å². The normalized spacial score (nSPS) is 15.2. The zero-order valence-corrected chi connectivity index (χ0v) is 11.9. The third-order valence-corrected chi connectivity index (χ3v) is 3.40. The van der Waals surface area contributed by atoms with E-state index in [9.17, 15) is 0 Å². The Morgan fingerprint density at radius 1 is 1.21 bits per heavy atom. The summed E-state index contributed by atoms with van der Waals surface area (Å²) in [7, 11) is 0. The zero-order chi connectivity index (χ0) is 13.5. The van der Waals surface area contributed by atoms with E-state index in [-0.39, 0.29) is 0 Å². The zero-order valence-electron chi connectivity index (χ0n) is 11.9. The van der Waals surface area contributed by atoms with Gasteiger partial charge in [-0.05, 0) is 32.2 Å². The highest BCUT2D eigenvalue weighted by atomic mass is 15.2. The fraction of sp³-hybridized carbons (Fsp3) is 0.643. The van der Waals surface area contributed by atoms with Gasteiger partial charge in [-0.3, -0.25) is 0 Å². The van der Waals surface area contributed by atoms with E-state index in [1.165, 1.54) is 5.57 Å². The lowest BCUT2D eigenvalue weighted by Gasteiger charge is -2.14. The van der Waals surface area contributed by atoms with Gasteiger partial charge in [-0.1, -0.05) is 25.5 Å². The number of aromatic nitrogens is 3. The number of hydrogen-bond acceptors (Lipinski definition) is 5. The van der Waals surface area contributed by atoms with Gasteiger partial charge in [0, 0.05) is 13.1 Å². The van der Waals surface area contributed by atoms with E-state index in [1.807, 2.05) is 0 Å². The first-order chi connectivity index (χ1) is 9.33. The fourth-order valence-electron chi connectivity index (χ4n) is 2.24. The fourth-order valence-corrected chi connectivity index (χ4v) is 2.24. The van der Waals surface area contributed by atoms with E-state index in [2.05, 4.69) is 45.7 Å². The van der Waals surface area contributed by atoms with Crippen LogP contribution in [0.3, 0.4) is 0 Å². The Kier molecular flexibility index (Phi) is 5.27. The van der Waals surface area contributed by atoms with E-state index < -0.39 is 0 Å². The van der Waals surface area contributed by atoms with Crippen LogP contribution in [-0.2, 0) is 12.8 Å². The van der Waals surface area contributed by atoms with Gasteiger partial charge in [0.05, 0.1) is 11.4 Å². The van der Waals surface area contributed by atoms with E-state index in [4.69, 9.17) is 0 Å². The lowest BCUT2D eigenvalue weighted by Crippen LogP contribution is -2.21. The number of rotatable bonds is 6. The van der Waals surface area contributed by atoms with Gasteiger partial charge in [0.15, 0.2) is 0 Å². The van der Waals surface area contributed by atoms with E-state index in [0.29, 0.717) is 5.95 Å². The molecule has 0 amide bonds. The van der Waals surface area contributed by atoms with E-state index in [0.717, 1.165) is 56.7 Å². The first-order valence-electron chi connectivity index (χ1n) is 7.18. The maximum absolute atomic E-state index is 4.53. The maximum Gasteiger partial charge on any atom is 0.242 e. The minimum absolute atomic E-state index is 0.656. The van der Waals surface area contributed by atoms with Crippen LogP contribution in [-0.4, -0.2) is 34.8 Å². The molecule has 1 aliphatic heterocycles. The molecule has 0 aromatic carbocycles. The van der Waals surface area contributed by atoms with Crippen LogP contribution < -0.4 is 10.6 Å². The van der Waals surface area contributed by atoms with Crippen LogP contribution in [0.4, 0.5) is 5.95 Å². The highest BCUT2D eigenvalue weighted by Gasteiger charge is 2.06. The Labute approximate surface area is 114 Å². The summed E-state index contributed by atoms with van der Waals surface area (Å²) in [5, 5.41) is 15.0. The summed E-state index contributed by atoms with van der Waals surface area (Å²) >= 11 is 0. The largest absolute Gasteiger partial charge is 0.353 e.